The summed E-state index contributed by atoms with van der Waals surface area (Å²) in [4.78, 5) is 22.4. The topological polar surface area (TPSA) is 52.6 Å². The Morgan fingerprint density at radius 2 is 1.81 bits per heavy atom. The van der Waals surface area contributed by atoms with Gasteiger partial charge in [0.25, 0.3) is 0 Å². The highest BCUT2D eigenvalue weighted by molar-refractivity contribution is 6.04. The molecule has 0 unspecified atom stereocenters. The first-order chi connectivity index (χ1) is 7.63. The van der Waals surface area contributed by atoms with Crippen LogP contribution in [0.5, 0.6) is 0 Å². The molecule has 0 aliphatic carbocycles. The van der Waals surface area contributed by atoms with Crippen molar-refractivity contribution in [2.24, 2.45) is 0 Å². The highest BCUT2D eigenvalue weighted by Crippen LogP contribution is 2.05. The first-order valence-corrected chi connectivity index (χ1v) is 4.67. The second-order valence-corrected chi connectivity index (χ2v) is 3.04. The fourth-order valence-corrected chi connectivity index (χ4v) is 1.07. The van der Waals surface area contributed by atoms with E-state index < -0.39 is 6.16 Å². The molecule has 0 aliphatic heterocycles. The fraction of sp³-hybridized carbons (Fsp3) is 0.167. The van der Waals surface area contributed by atoms with Crippen LogP contribution in [0.1, 0.15) is 17.3 Å². The van der Waals surface area contributed by atoms with Gasteiger partial charge in [-0.05, 0) is 6.92 Å². The molecular weight excluding hydrogens is 208 g/mol. The average Bonchev–Trinajstić information content (AvgIpc) is 2.29. The molecular formula is C12H12O4. The monoisotopic (exact) mass is 220 g/mol. The van der Waals surface area contributed by atoms with Crippen LogP contribution >= 0.6 is 0 Å². The Labute approximate surface area is 93.5 Å². The summed E-state index contributed by atoms with van der Waals surface area (Å²) < 4.78 is 8.97. The summed E-state index contributed by atoms with van der Waals surface area (Å²) in [6.45, 7) is 1.51. The van der Waals surface area contributed by atoms with Crippen LogP contribution in [0.4, 0.5) is 4.79 Å². The van der Waals surface area contributed by atoms with Gasteiger partial charge in [-0.25, -0.2) is 4.79 Å². The molecule has 0 atom stereocenters. The number of methoxy groups -OCH3 is 1. The normalized spacial score (nSPS) is 10.8. The van der Waals surface area contributed by atoms with E-state index in [0.717, 1.165) is 0 Å². The predicted molar refractivity (Wildman–Crippen MR) is 58.0 cm³/mol. The third-order valence-electron chi connectivity index (χ3n) is 1.80. The van der Waals surface area contributed by atoms with Gasteiger partial charge in [0.05, 0.1) is 7.11 Å². The standard InChI is InChI=1S/C12H12O4/c1-9(16-12(14)15-2)8-11(13)10-6-4-3-5-7-10/h3-8H,1-2H3. The number of allylic oxidation sites excluding steroid dienone is 2. The Balaban J connectivity index is 2.70. The zero-order valence-corrected chi connectivity index (χ0v) is 9.10. The summed E-state index contributed by atoms with van der Waals surface area (Å²) in [6.07, 6.45) is 0.404. The lowest BCUT2D eigenvalue weighted by Gasteiger charge is -2.01. The lowest BCUT2D eigenvalue weighted by molar-refractivity contribution is 0.0955. The van der Waals surface area contributed by atoms with Gasteiger partial charge in [0.2, 0.25) is 0 Å². The molecule has 0 spiro atoms. The molecule has 84 valence electrons. The zero-order valence-electron chi connectivity index (χ0n) is 9.10. The number of hydrogen-bond donors (Lipinski definition) is 0. The van der Waals surface area contributed by atoms with Crippen LogP contribution in [-0.4, -0.2) is 19.0 Å². The smallest absolute Gasteiger partial charge is 0.437 e. The van der Waals surface area contributed by atoms with Crippen molar-refractivity contribution in [1.29, 1.82) is 0 Å². The predicted octanol–water partition coefficient (Wildman–Crippen LogP) is 2.56. The number of ketones is 1. The molecule has 0 radical (unpaired) electrons. The fourth-order valence-electron chi connectivity index (χ4n) is 1.07. The second-order valence-electron chi connectivity index (χ2n) is 3.04. The maximum atomic E-state index is 11.6. The van der Waals surface area contributed by atoms with Crippen molar-refractivity contribution in [2.45, 2.75) is 6.92 Å². The van der Waals surface area contributed by atoms with Gasteiger partial charge in [-0.3, -0.25) is 4.79 Å². The lowest BCUT2D eigenvalue weighted by Crippen LogP contribution is -2.04. The van der Waals surface area contributed by atoms with Crippen molar-refractivity contribution >= 4 is 11.9 Å². The van der Waals surface area contributed by atoms with E-state index in [2.05, 4.69) is 9.47 Å². The molecule has 0 fully saturated rings. The SMILES string of the molecule is COC(=O)OC(C)=CC(=O)c1ccccc1. The lowest BCUT2D eigenvalue weighted by atomic mass is 10.1. The quantitative estimate of drug-likeness (QED) is 0.340. The zero-order chi connectivity index (χ0) is 12.0. The van der Waals surface area contributed by atoms with Crippen LogP contribution in [-0.2, 0) is 9.47 Å². The van der Waals surface area contributed by atoms with Crippen LogP contribution < -0.4 is 0 Å². The van der Waals surface area contributed by atoms with Gasteiger partial charge in [-0.15, -0.1) is 0 Å². The summed E-state index contributed by atoms with van der Waals surface area (Å²) in [6, 6.07) is 8.71. The number of hydrogen-bond acceptors (Lipinski definition) is 4. The number of ether oxygens (including phenoxy) is 2. The van der Waals surface area contributed by atoms with Gasteiger partial charge >= 0.3 is 6.16 Å². The van der Waals surface area contributed by atoms with Crippen molar-refractivity contribution in [3.8, 4) is 0 Å². The highest BCUT2D eigenvalue weighted by Gasteiger charge is 2.06. The van der Waals surface area contributed by atoms with E-state index in [9.17, 15) is 9.59 Å². The summed E-state index contributed by atoms with van der Waals surface area (Å²) >= 11 is 0. The molecule has 16 heavy (non-hydrogen) atoms. The van der Waals surface area contributed by atoms with Gasteiger partial charge in [0.1, 0.15) is 5.76 Å². The van der Waals surface area contributed by atoms with Crippen molar-refractivity contribution in [3.63, 3.8) is 0 Å². The number of carbonyl (C=O) groups is 2. The molecule has 0 aromatic heterocycles. The number of rotatable bonds is 3. The third-order valence-corrected chi connectivity index (χ3v) is 1.80. The van der Waals surface area contributed by atoms with Gasteiger partial charge in [-0.1, -0.05) is 30.3 Å². The second kappa shape index (κ2) is 5.70. The molecule has 0 heterocycles. The molecule has 4 nitrogen and oxygen atoms in total. The Bertz CT molecular complexity index is 406. The molecule has 1 aromatic rings. The Morgan fingerprint density at radius 3 is 2.38 bits per heavy atom. The van der Waals surface area contributed by atoms with Crippen molar-refractivity contribution < 1.29 is 19.1 Å². The Hall–Kier alpha value is -2.10. The molecule has 0 saturated carbocycles. The van der Waals surface area contributed by atoms with Gasteiger partial charge in [0.15, 0.2) is 5.78 Å². The minimum absolute atomic E-state index is 0.195. The number of carbonyl (C=O) groups excluding carboxylic acids is 2. The van der Waals surface area contributed by atoms with Crippen LogP contribution in [0.25, 0.3) is 0 Å². The van der Waals surface area contributed by atoms with E-state index in [1.165, 1.54) is 20.1 Å². The molecule has 0 amide bonds. The Kier molecular flexibility index (Phi) is 4.27. The van der Waals surface area contributed by atoms with E-state index in [-0.39, 0.29) is 11.5 Å². The maximum absolute atomic E-state index is 11.6. The molecule has 0 aliphatic rings. The third kappa shape index (κ3) is 3.57. The van der Waals surface area contributed by atoms with Crippen LogP contribution in [0.3, 0.4) is 0 Å². The van der Waals surface area contributed by atoms with E-state index in [1.807, 2.05) is 6.07 Å². The molecule has 0 bridgehead atoms. The van der Waals surface area contributed by atoms with Gasteiger partial charge in [-0.2, -0.15) is 0 Å². The van der Waals surface area contributed by atoms with Gasteiger partial charge in [0, 0.05) is 11.6 Å². The van der Waals surface area contributed by atoms with Crippen LogP contribution in [0.15, 0.2) is 42.2 Å². The first-order valence-electron chi connectivity index (χ1n) is 4.67. The molecule has 4 heteroatoms. The van der Waals surface area contributed by atoms with E-state index in [0.29, 0.717) is 5.56 Å². The van der Waals surface area contributed by atoms with Crippen LogP contribution in [0, 0.1) is 0 Å². The van der Waals surface area contributed by atoms with E-state index >= 15 is 0 Å². The largest absolute Gasteiger partial charge is 0.513 e. The van der Waals surface area contributed by atoms with E-state index in [1.54, 1.807) is 24.3 Å². The molecule has 1 aromatic carbocycles. The van der Waals surface area contributed by atoms with Crippen LogP contribution in [0.2, 0.25) is 0 Å². The van der Waals surface area contributed by atoms with Crippen molar-refractivity contribution in [2.75, 3.05) is 7.11 Å². The molecule has 0 N–H and O–H groups in total. The Morgan fingerprint density at radius 1 is 1.19 bits per heavy atom. The number of benzene rings is 1. The van der Waals surface area contributed by atoms with Gasteiger partial charge < -0.3 is 9.47 Å². The highest BCUT2D eigenvalue weighted by atomic mass is 16.7. The first kappa shape index (κ1) is 12.0. The summed E-state index contributed by atoms with van der Waals surface area (Å²) in [5.41, 5.74) is 0.537. The minimum Gasteiger partial charge on any atom is -0.437 e. The summed E-state index contributed by atoms with van der Waals surface area (Å²) in [7, 11) is 1.20. The van der Waals surface area contributed by atoms with E-state index in [4.69, 9.17) is 0 Å². The summed E-state index contributed by atoms with van der Waals surface area (Å²) in [5.74, 6) is -0.0253. The summed E-state index contributed by atoms with van der Waals surface area (Å²) in [5, 5.41) is 0. The van der Waals surface area contributed by atoms with Crippen molar-refractivity contribution in [3.05, 3.63) is 47.7 Å². The molecule has 1 rings (SSSR count). The van der Waals surface area contributed by atoms with Crippen molar-refractivity contribution in [1.82, 2.24) is 0 Å². The maximum Gasteiger partial charge on any atom is 0.513 e. The minimum atomic E-state index is -0.838. The average molecular weight is 220 g/mol. The molecule has 0 saturated heterocycles.